The van der Waals surface area contributed by atoms with Crippen molar-refractivity contribution in [3.63, 3.8) is 0 Å². The van der Waals surface area contributed by atoms with Crippen LogP contribution in [0.2, 0.25) is 0 Å². The maximum atomic E-state index is 12.1. The van der Waals surface area contributed by atoms with Gasteiger partial charge in [-0.05, 0) is 18.1 Å². The summed E-state index contributed by atoms with van der Waals surface area (Å²) in [6, 6.07) is 6.37. The van der Waals surface area contributed by atoms with Crippen LogP contribution < -0.4 is 11.1 Å². The number of nitrogens with two attached hydrogens (primary N) is 1. The highest BCUT2D eigenvalue weighted by Crippen LogP contribution is 2.36. The molecule has 1 aliphatic heterocycles. The number of hydrogen-bond donors (Lipinski definition) is 3. The lowest BCUT2D eigenvalue weighted by atomic mass is 10.1. The number of aliphatic carboxylic acids is 1. The van der Waals surface area contributed by atoms with Crippen LogP contribution in [0.4, 0.5) is 0 Å². The second-order valence-corrected chi connectivity index (χ2v) is 5.73. The van der Waals surface area contributed by atoms with E-state index in [2.05, 4.69) is 5.32 Å². The number of primary amides is 1. The van der Waals surface area contributed by atoms with Gasteiger partial charge in [-0.3, -0.25) is 9.59 Å². The molecule has 6 nitrogen and oxygen atoms in total. The average molecular weight is 294 g/mol. The van der Waals surface area contributed by atoms with Crippen LogP contribution in [0.3, 0.4) is 0 Å². The average Bonchev–Trinajstić information content (AvgIpc) is 2.81. The van der Waals surface area contributed by atoms with Crippen molar-refractivity contribution < 1.29 is 19.5 Å². The van der Waals surface area contributed by atoms with Crippen LogP contribution in [-0.2, 0) is 20.8 Å². The number of fused-ring (bicyclic) bond motifs is 1. The van der Waals surface area contributed by atoms with E-state index in [1.807, 2.05) is 24.3 Å². The lowest BCUT2D eigenvalue weighted by Crippen LogP contribution is -2.46. The maximum absolute atomic E-state index is 12.1. The van der Waals surface area contributed by atoms with Gasteiger partial charge in [0.2, 0.25) is 11.8 Å². The summed E-state index contributed by atoms with van der Waals surface area (Å²) in [5, 5.41) is 10.9. The fourth-order valence-electron chi connectivity index (χ4n) is 1.99. The number of thioether (sulfide) groups is 1. The zero-order valence-electron chi connectivity index (χ0n) is 10.5. The van der Waals surface area contributed by atoms with Gasteiger partial charge in [-0.1, -0.05) is 18.2 Å². The predicted molar refractivity (Wildman–Crippen MR) is 73.2 cm³/mol. The molecule has 0 saturated heterocycles. The molecule has 1 unspecified atom stereocenters. The van der Waals surface area contributed by atoms with E-state index in [0.29, 0.717) is 6.42 Å². The lowest BCUT2D eigenvalue weighted by molar-refractivity contribution is -0.143. The quantitative estimate of drug-likeness (QED) is 0.716. The maximum Gasteiger partial charge on any atom is 0.326 e. The van der Waals surface area contributed by atoms with Gasteiger partial charge in [0.1, 0.15) is 6.04 Å². The smallest absolute Gasteiger partial charge is 0.326 e. The molecule has 1 heterocycles. The van der Waals surface area contributed by atoms with E-state index >= 15 is 0 Å². The Labute approximate surface area is 119 Å². The van der Waals surface area contributed by atoms with E-state index in [1.54, 1.807) is 0 Å². The number of benzene rings is 1. The molecule has 0 saturated carbocycles. The molecule has 0 aromatic heterocycles. The summed E-state index contributed by atoms with van der Waals surface area (Å²) < 4.78 is 0. The Kier molecular flexibility index (Phi) is 4.29. The summed E-state index contributed by atoms with van der Waals surface area (Å²) in [5.74, 6) is -2.42. The third-order valence-electron chi connectivity index (χ3n) is 2.96. The molecule has 0 aliphatic carbocycles. The van der Waals surface area contributed by atoms with Crippen LogP contribution >= 0.6 is 11.8 Å². The monoisotopic (exact) mass is 294 g/mol. The number of carboxylic acid groups (broad SMARTS) is 1. The minimum atomic E-state index is -1.27. The highest BCUT2D eigenvalue weighted by atomic mass is 32.2. The van der Waals surface area contributed by atoms with Crippen molar-refractivity contribution in [1.29, 1.82) is 0 Å². The molecule has 0 spiro atoms. The van der Waals surface area contributed by atoms with E-state index in [1.165, 1.54) is 11.8 Å². The van der Waals surface area contributed by atoms with E-state index in [0.717, 1.165) is 10.5 Å². The van der Waals surface area contributed by atoms with Crippen LogP contribution in [0.1, 0.15) is 12.0 Å². The Morgan fingerprint density at radius 2 is 2.10 bits per heavy atom. The number of amides is 2. The zero-order valence-corrected chi connectivity index (χ0v) is 11.4. The molecule has 0 bridgehead atoms. The molecule has 7 heteroatoms. The topological polar surface area (TPSA) is 109 Å². The number of rotatable bonds is 5. The van der Waals surface area contributed by atoms with Crippen molar-refractivity contribution in [1.82, 2.24) is 5.32 Å². The number of carboxylic acids is 1. The van der Waals surface area contributed by atoms with Gasteiger partial charge in [-0.15, -0.1) is 11.8 Å². The third-order valence-corrected chi connectivity index (χ3v) is 4.28. The molecule has 2 amide bonds. The molecule has 106 valence electrons. The standard InChI is InChI=1S/C13H14N2O4S/c14-11(16)6-8(13(18)19)15-12(17)10-5-7-3-1-2-4-9(7)20-10/h1-4,8,10H,5-6H2,(H2,14,16)(H,15,17)(H,18,19)/t8-,10?/m0/s1. The van der Waals surface area contributed by atoms with Gasteiger partial charge in [-0.25, -0.2) is 4.79 Å². The van der Waals surface area contributed by atoms with Gasteiger partial charge in [0, 0.05) is 4.90 Å². The highest BCUT2D eigenvalue weighted by Gasteiger charge is 2.31. The summed E-state index contributed by atoms with van der Waals surface area (Å²) in [5.41, 5.74) is 6.04. The normalized spacial score (nSPS) is 18.1. The van der Waals surface area contributed by atoms with E-state index in [9.17, 15) is 14.4 Å². The number of hydrogen-bond acceptors (Lipinski definition) is 4. The zero-order chi connectivity index (χ0) is 14.7. The molecular weight excluding hydrogens is 280 g/mol. The Hall–Kier alpha value is -2.02. The first-order valence-electron chi connectivity index (χ1n) is 6.03. The Morgan fingerprint density at radius 3 is 2.70 bits per heavy atom. The first-order chi connectivity index (χ1) is 9.47. The van der Waals surface area contributed by atoms with Crippen LogP contribution in [0.15, 0.2) is 29.2 Å². The summed E-state index contributed by atoms with van der Waals surface area (Å²) in [4.78, 5) is 34.9. The SMILES string of the molecule is NC(=O)C[C@H](NC(=O)C1Cc2ccccc2S1)C(=O)O. The predicted octanol–water partition coefficient (Wildman–Crippen LogP) is 0.148. The third kappa shape index (κ3) is 3.30. The van der Waals surface area contributed by atoms with Crippen molar-refractivity contribution in [3.05, 3.63) is 29.8 Å². The van der Waals surface area contributed by atoms with Gasteiger partial charge >= 0.3 is 5.97 Å². The molecule has 1 aromatic carbocycles. The molecule has 2 atom stereocenters. The molecule has 2 rings (SSSR count). The van der Waals surface area contributed by atoms with Crippen molar-refractivity contribution in [2.24, 2.45) is 5.73 Å². The Morgan fingerprint density at radius 1 is 1.40 bits per heavy atom. The molecule has 1 aliphatic rings. The van der Waals surface area contributed by atoms with E-state index in [-0.39, 0.29) is 11.2 Å². The van der Waals surface area contributed by atoms with E-state index < -0.39 is 24.3 Å². The molecule has 4 N–H and O–H groups in total. The first-order valence-corrected chi connectivity index (χ1v) is 6.91. The summed E-state index contributed by atoms with van der Waals surface area (Å²) in [7, 11) is 0. The Balaban J connectivity index is 1.99. The van der Waals surface area contributed by atoms with Gasteiger partial charge in [0.05, 0.1) is 11.7 Å². The van der Waals surface area contributed by atoms with Gasteiger partial charge in [0.15, 0.2) is 0 Å². The molecule has 0 fully saturated rings. The Bertz CT molecular complexity index is 536. The lowest BCUT2D eigenvalue weighted by Gasteiger charge is -2.15. The molecule has 1 aromatic rings. The largest absolute Gasteiger partial charge is 0.480 e. The highest BCUT2D eigenvalue weighted by molar-refractivity contribution is 8.01. The van der Waals surface area contributed by atoms with Crippen LogP contribution in [-0.4, -0.2) is 34.2 Å². The number of nitrogens with one attached hydrogen (secondary N) is 1. The summed E-state index contributed by atoms with van der Waals surface area (Å²) >= 11 is 1.40. The minimum absolute atomic E-state index is 0.373. The fraction of sp³-hybridized carbons (Fsp3) is 0.308. The second kappa shape index (κ2) is 5.96. The molecular formula is C13H14N2O4S. The molecule has 0 radical (unpaired) electrons. The van der Waals surface area contributed by atoms with Crippen molar-refractivity contribution >= 4 is 29.5 Å². The van der Waals surface area contributed by atoms with Crippen LogP contribution in [0.5, 0.6) is 0 Å². The van der Waals surface area contributed by atoms with Gasteiger partial charge in [-0.2, -0.15) is 0 Å². The number of carbonyl (C=O) groups excluding carboxylic acids is 2. The van der Waals surface area contributed by atoms with Crippen molar-refractivity contribution in [2.45, 2.75) is 29.0 Å². The summed E-state index contributed by atoms with van der Waals surface area (Å²) in [6.45, 7) is 0. The summed E-state index contributed by atoms with van der Waals surface area (Å²) in [6.07, 6.45) is 0.140. The van der Waals surface area contributed by atoms with Crippen molar-refractivity contribution in [2.75, 3.05) is 0 Å². The minimum Gasteiger partial charge on any atom is -0.480 e. The van der Waals surface area contributed by atoms with E-state index in [4.69, 9.17) is 10.8 Å². The second-order valence-electron chi connectivity index (χ2n) is 4.49. The van der Waals surface area contributed by atoms with Crippen LogP contribution in [0, 0.1) is 0 Å². The van der Waals surface area contributed by atoms with Crippen molar-refractivity contribution in [3.8, 4) is 0 Å². The number of carbonyl (C=O) groups is 3. The van der Waals surface area contributed by atoms with Crippen LogP contribution in [0.25, 0.3) is 0 Å². The fourth-order valence-corrected chi connectivity index (χ4v) is 3.20. The molecule has 20 heavy (non-hydrogen) atoms. The first kappa shape index (κ1) is 14.4. The van der Waals surface area contributed by atoms with Gasteiger partial charge in [0.25, 0.3) is 0 Å². The van der Waals surface area contributed by atoms with Gasteiger partial charge < -0.3 is 16.2 Å².